The molecule has 0 radical (unpaired) electrons. The van der Waals surface area contributed by atoms with Gasteiger partial charge in [-0.25, -0.2) is 0 Å². The summed E-state index contributed by atoms with van der Waals surface area (Å²) in [6.07, 6.45) is 5.36. The average molecular weight is 422 g/mol. The highest BCUT2D eigenvalue weighted by atomic mass is 127. The van der Waals surface area contributed by atoms with Crippen LogP contribution in [0.4, 0.5) is 5.69 Å². The predicted molar refractivity (Wildman–Crippen MR) is 91.1 cm³/mol. The molecule has 0 amide bonds. The van der Waals surface area contributed by atoms with Crippen LogP contribution in [0, 0.1) is 15.4 Å². The Bertz CT molecular complexity index is 397. The minimum Gasteiger partial charge on any atom is -0.381 e. The minimum atomic E-state index is 0.649. The largest absolute Gasteiger partial charge is 0.381 e. The van der Waals surface area contributed by atoms with Crippen molar-refractivity contribution in [3.05, 3.63) is 26.2 Å². The van der Waals surface area contributed by atoms with Crippen LogP contribution in [0.1, 0.15) is 39.5 Å². The molecule has 0 heterocycles. The molecule has 1 nitrogen and oxygen atoms in total. The second-order valence-electron chi connectivity index (χ2n) is 5.62. The molecule has 0 atom stereocenters. The summed E-state index contributed by atoms with van der Waals surface area (Å²) in [7, 11) is 0. The summed E-state index contributed by atoms with van der Waals surface area (Å²) in [4.78, 5) is 0. The molecule has 1 aromatic carbocycles. The molecule has 0 unspecified atom stereocenters. The Morgan fingerprint density at radius 2 is 1.89 bits per heavy atom. The van der Waals surface area contributed by atoms with E-state index >= 15 is 0 Å². The van der Waals surface area contributed by atoms with Gasteiger partial charge >= 0.3 is 0 Å². The average Bonchev–Trinajstić information content (AvgIpc) is 2.33. The lowest BCUT2D eigenvalue weighted by Crippen LogP contribution is -2.28. The second-order valence-corrected chi connectivity index (χ2v) is 7.72. The molecule has 0 bridgehead atoms. The lowest BCUT2D eigenvalue weighted by Gasteiger charge is -2.32. The van der Waals surface area contributed by atoms with E-state index in [1.54, 1.807) is 0 Å². The standard InChI is InChI=1S/C15H21BrIN/c1-10(2)11-3-6-13(7-4-11)18-15-8-5-12(17)9-14(15)16/h5,8-11,13,18H,3-4,6-7H2,1-2H3. The number of anilines is 1. The van der Waals surface area contributed by atoms with Crippen LogP contribution < -0.4 is 5.32 Å². The summed E-state index contributed by atoms with van der Waals surface area (Å²) in [5.74, 6) is 1.78. The summed E-state index contributed by atoms with van der Waals surface area (Å²) in [5.41, 5.74) is 1.24. The van der Waals surface area contributed by atoms with Gasteiger partial charge in [-0.15, -0.1) is 0 Å². The van der Waals surface area contributed by atoms with E-state index in [1.165, 1.54) is 39.4 Å². The van der Waals surface area contributed by atoms with E-state index in [-0.39, 0.29) is 0 Å². The zero-order chi connectivity index (χ0) is 13.1. The zero-order valence-electron chi connectivity index (χ0n) is 11.0. The summed E-state index contributed by atoms with van der Waals surface area (Å²) >= 11 is 5.99. The number of hydrogen-bond acceptors (Lipinski definition) is 1. The molecule has 0 saturated heterocycles. The molecule has 1 aliphatic rings. The van der Waals surface area contributed by atoms with Crippen molar-refractivity contribution in [2.24, 2.45) is 11.8 Å². The van der Waals surface area contributed by atoms with Crippen molar-refractivity contribution in [3.8, 4) is 0 Å². The minimum absolute atomic E-state index is 0.649. The highest BCUT2D eigenvalue weighted by molar-refractivity contribution is 14.1. The van der Waals surface area contributed by atoms with Gasteiger partial charge < -0.3 is 5.32 Å². The van der Waals surface area contributed by atoms with E-state index < -0.39 is 0 Å². The van der Waals surface area contributed by atoms with Gasteiger partial charge in [0, 0.05) is 19.8 Å². The topological polar surface area (TPSA) is 12.0 Å². The molecule has 0 spiro atoms. The van der Waals surface area contributed by atoms with Gasteiger partial charge in [-0.3, -0.25) is 0 Å². The molecule has 1 N–H and O–H groups in total. The fraction of sp³-hybridized carbons (Fsp3) is 0.600. The van der Waals surface area contributed by atoms with E-state index in [4.69, 9.17) is 0 Å². The first kappa shape index (κ1) is 14.6. The van der Waals surface area contributed by atoms with Gasteiger partial charge in [-0.1, -0.05) is 13.8 Å². The van der Waals surface area contributed by atoms with Gasteiger partial charge in [-0.2, -0.15) is 0 Å². The first-order valence-corrected chi connectivity index (χ1v) is 8.65. The van der Waals surface area contributed by atoms with Crippen LogP contribution in [0.25, 0.3) is 0 Å². The van der Waals surface area contributed by atoms with Gasteiger partial charge in [0.1, 0.15) is 0 Å². The molecule has 0 aromatic heterocycles. The monoisotopic (exact) mass is 421 g/mol. The van der Waals surface area contributed by atoms with Gasteiger partial charge in [0.05, 0.1) is 0 Å². The van der Waals surface area contributed by atoms with E-state index in [9.17, 15) is 0 Å². The normalized spacial score (nSPS) is 24.3. The van der Waals surface area contributed by atoms with Crippen molar-refractivity contribution in [2.45, 2.75) is 45.6 Å². The number of halogens is 2. The first-order chi connectivity index (χ1) is 8.56. The third-order valence-electron chi connectivity index (χ3n) is 4.01. The lowest BCUT2D eigenvalue weighted by atomic mass is 9.79. The molecule has 1 aliphatic carbocycles. The molecule has 2 rings (SSSR count). The Kier molecular flexibility index (Phi) is 5.36. The Labute approximate surface area is 132 Å². The summed E-state index contributed by atoms with van der Waals surface area (Å²) in [6, 6.07) is 7.16. The molecule has 18 heavy (non-hydrogen) atoms. The molecule has 0 aliphatic heterocycles. The molecule has 1 saturated carbocycles. The summed E-state index contributed by atoms with van der Waals surface area (Å²) in [6.45, 7) is 4.71. The van der Waals surface area contributed by atoms with Crippen LogP contribution in [0.15, 0.2) is 22.7 Å². The SMILES string of the molecule is CC(C)C1CCC(Nc2ccc(I)cc2Br)CC1. The molecule has 1 aromatic rings. The van der Waals surface area contributed by atoms with Crippen LogP contribution >= 0.6 is 38.5 Å². The van der Waals surface area contributed by atoms with Gasteiger partial charge in [0.25, 0.3) is 0 Å². The fourth-order valence-corrected chi connectivity index (χ4v) is 4.17. The maximum atomic E-state index is 3.69. The van der Waals surface area contributed by atoms with Crippen LogP contribution in [-0.2, 0) is 0 Å². The van der Waals surface area contributed by atoms with E-state index in [0.29, 0.717) is 6.04 Å². The van der Waals surface area contributed by atoms with Crippen LogP contribution in [0.5, 0.6) is 0 Å². The molecule has 100 valence electrons. The van der Waals surface area contributed by atoms with Crippen molar-refractivity contribution < 1.29 is 0 Å². The lowest BCUT2D eigenvalue weighted by molar-refractivity contribution is 0.267. The zero-order valence-corrected chi connectivity index (χ0v) is 14.8. The van der Waals surface area contributed by atoms with Crippen LogP contribution in [-0.4, -0.2) is 6.04 Å². The van der Waals surface area contributed by atoms with E-state index in [0.717, 1.165) is 11.8 Å². The fourth-order valence-electron chi connectivity index (χ4n) is 2.76. The molecular formula is C15H21BrIN. The number of nitrogens with one attached hydrogen (secondary N) is 1. The molecule has 3 heteroatoms. The first-order valence-electron chi connectivity index (χ1n) is 6.78. The van der Waals surface area contributed by atoms with E-state index in [2.05, 4.69) is 75.9 Å². The Balaban J connectivity index is 1.91. The summed E-state index contributed by atoms with van der Waals surface area (Å²) in [5, 5.41) is 3.69. The quantitative estimate of drug-likeness (QED) is 0.619. The van der Waals surface area contributed by atoms with Crippen LogP contribution in [0.3, 0.4) is 0 Å². The van der Waals surface area contributed by atoms with Crippen molar-refractivity contribution in [2.75, 3.05) is 5.32 Å². The third-order valence-corrected chi connectivity index (χ3v) is 5.33. The third kappa shape index (κ3) is 3.86. The predicted octanol–water partition coefficient (Wildman–Crippen LogP) is 5.68. The highest BCUT2D eigenvalue weighted by Gasteiger charge is 2.23. The van der Waals surface area contributed by atoms with Crippen molar-refractivity contribution in [1.82, 2.24) is 0 Å². The Hall–Kier alpha value is 0.230. The van der Waals surface area contributed by atoms with Crippen LogP contribution in [0.2, 0.25) is 0 Å². The number of rotatable bonds is 3. The van der Waals surface area contributed by atoms with Gasteiger partial charge in [0.2, 0.25) is 0 Å². The highest BCUT2D eigenvalue weighted by Crippen LogP contribution is 2.33. The van der Waals surface area contributed by atoms with Crippen molar-refractivity contribution in [1.29, 1.82) is 0 Å². The Morgan fingerprint density at radius 1 is 1.22 bits per heavy atom. The Morgan fingerprint density at radius 3 is 2.44 bits per heavy atom. The smallest absolute Gasteiger partial charge is 0.0487 e. The number of benzene rings is 1. The maximum absolute atomic E-state index is 3.69. The van der Waals surface area contributed by atoms with Gasteiger partial charge in [0.15, 0.2) is 0 Å². The van der Waals surface area contributed by atoms with Crippen molar-refractivity contribution >= 4 is 44.2 Å². The summed E-state index contributed by atoms with van der Waals surface area (Å²) < 4.78 is 2.45. The maximum Gasteiger partial charge on any atom is 0.0487 e. The van der Waals surface area contributed by atoms with E-state index in [1.807, 2.05) is 0 Å². The van der Waals surface area contributed by atoms with Crippen molar-refractivity contribution in [3.63, 3.8) is 0 Å². The molecule has 1 fully saturated rings. The number of hydrogen-bond donors (Lipinski definition) is 1. The molecular weight excluding hydrogens is 401 g/mol. The second kappa shape index (κ2) is 6.60. The van der Waals surface area contributed by atoms with Gasteiger partial charge in [-0.05, 0) is 94.2 Å².